The van der Waals surface area contributed by atoms with Crippen LogP contribution >= 0.6 is 0 Å². The molecule has 1 heteroatoms. The number of hydrogen-bond donors (Lipinski definition) is 1. The molecule has 1 nitrogen and oxygen atoms in total. The molecular formula is C15H25N. The van der Waals surface area contributed by atoms with E-state index in [4.69, 9.17) is 5.73 Å². The van der Waals surface area contributed by atoms with Gasteiger partial charge < -0.3 is 5.73 Å². The number of nitrogens with two attached hydrogens (primary N) is 1. The summed E-state index contributed by atoms with van der Waals surface area (Å²) in [4.78, 5) is 0. The smallest absolute Gasteiger partial charge is 0.0217 e. The largest absolute Gasteiger partial charge is 0.325 e. The van der Waals surface area contributed by atoms with E-state index in [-0.39, 0.29) is 5.54 Å². The highest BCUT2D eigenvalue weighted by Crippen LogP contribution is 2.64. The molecule has 2 N–H and O–H groups in total. The van der Waals surface area contributed by atoms with Crippen molar-refractivity contribution in [3.63, 3.8) is 0 Å². The fourth-order valence-corrected chi connectivity index (χ4v) is 6.17. The van der Waals surface area contributed by atoms with E-state index in [1.165, 1.54) is 57.8 Å². The Morgan fingerprint density at radius 2 is 1.62 bits per heavy atom. The van der Waals surface area contributed by atoms with Crippen LogP contribution in [-0.4, -0.2) is 5.54 Å². The first-order valence-electron chi connectivity index (χ1n) is 7.58. The Hall–Kier alpha value is -0.0400. The van der Waals surface area contributed by atoms with E-state index in [0.29, 0.717) is 0 Å². The van der Waals surface area contributed by atoms with Gasteiger partial charge in [-0.25, -0.2) is 0 Å². The topological polar surface area (TPSA) is 26.0 Å². The van der Waals surface area contributed by atoms with Gasteiger partial charge in [0, 0.05) is 5.54 Å². The third-order valence-corrected chi connectivity index (χ3v) is 6.73. The zero-order valence-corrected chi connectivity index (χ0v) is 10.3. The van der Waals surface area contributed by atoms with Crippen molar-refractivity contribution in [2.45, 2.75) is 63.3 Å². The van der Waals surface area contributed by atoms with E-state index < -0.39 is 0 Å². The molecule has 4 aliphatic carbocycles. The van der Waals surface area contributed by atoms with E-state index in [1.807, 2.05) is 0 Å². The maximum atomic E-state index is 6.91. The van der Waals surface area contributed by atoms with E-state index >= 15 is 0 Å². The molecule has 0 aromatic carbocycles. The molecule has 0 spiro atoms. The Bertz CT molecular complexity index is 294. The first-order chi connectivity index (χ1) is 7.79. The molecule has 4 saturated carbocycles. The molecule has 0 aliphatic heterocycles. The fourth-order valence-electron chi connectivity index (χ4n) is 6.17. The summed E-state index contributed by atoms with van der Waals surface area (Å²) in [7, 11) is 0. The second-order valence-electron chi connectivity index (χ2n) is 7.16. The summed E-state index contributed by atoms with van der Waals surface area (Å²) in [5.41, 5.74) is 7.19. The minimum atomic E-state index is 0.284. The predicted octanol–water partition coefficient (Wildman–Crippen LogP) is 3.33. The van der Waals surface area contributed by atoms with Gasteiger partial charge >= 0.3 is 0 Å². The van der Waals surface area contributed by atoms with E-state index in [2.05, 4.69) is 0 Å². The fraction of sp³-hybridized carbons (Fsp3) is 1.00. The summed E-state index contributed by atoms with van der Waals surface area (Å²) < 4.78 is 0. The highest BCUT2D eigenvalue weighted by molar-refractivity contribution is 5.14. The Kier molecular flexibility index (Phi) is 2.02. The van der Waals surface area contributed by atoms with Crippen LogP contribution in [0.5, 0.6) is 0 Å². The number of hydrogen-bond acceptors (Lipinski definition) is 1. The van der Waals surface area contributed by atoms with Gasteiger partial charge in [0.2, 0.25) is 0 Å². The number of fused-ring (bicyclic) bond motifs is 5. The normalized spacial score (nSPS) is 56.1. The van der Waals surface area contributed by atoms with Crippen molar-refractivity contribution in [3.05, 3.63) is 0 Å². The van der Waals surface area contributed by atoms with Crippen LogP contribution in [0.3, 0.4) is 0 Å². The molecule has 0 saturated heterocycles. The van der Waals surface area contributed by atoms with Crippen molar-refractivity contribution in [3.8, 4) is 0 Å². The van der Waals surface area contributed by atoms with Crippen molar-refractivity contribution in [1.82, 2.24) is 0 Å². The molecule has 5 unspecified atom stereocenters. The van der Waals surface area contributed by atoms with Gasteiger partial charge in [-0.15, -0.1) is 0 Å². The van der Waals surface area contributed by atoms with Crippen LogP contribution in [0.25, 0.3) is 0 Å². The SMILES string of the molecule is NC1(C2CCCC2)CC2CC1C1CCCC21. The molecule has 0 aromatic heterocycles. The minimum Gasteiger partial charge on any atom is -0.325 e. The van der Waals surface area contributed by atoms with Gasteiger partial charge in [0.15, 0.2) is 0 Å². The van der Waals surface area contributed by atoms with Gasteiger partial charge in [0.1, 0.15) is 0 Å². The summed E-state index contributed by atoms with van der Waals surface area (Å²) in [5, 5.41) is 0. The average Bonchev–Trinajstić information content (AvgIpc) is 3.00. The van der Waals surface area contributed by atoms with Gasteiger partial charge in [-0.05, 0) is 68.1 Å². The lowest BCUT2D eigenvalue weighted by molar-refractivity contribution is 0.104. The molecule has 0 amide bonds. The van der Waals surface area contributed by atoms with Crippen LogP contribution in [0.2, 0.25) is 0 Å². The Morgan fingerprint density at radius 3 is 2.44 bits per heavy atom. The molecule has 4 fully saturated rings. The van der Waals surface area contributed by atoms with Gasteiger partial charge in [-0.3, -0.25) is 0 Å². The highest BCUT2D eigenvalue weighted by atomic mass is 14.9. The molecule has 5 atom stereocenters. The first-order valence-corrected chi connectivity index (χ1v) is 7.58. The summed E-state index contributed by atoms with van der Waals surface area (Å²) in [6, 6.07) is 0. The highest BCUT2D eigenvalue weighted by Gasteiger charge is 2.61. The quantitative estimate of drug-likeness (QED) is 0.719. The Morgan fingerprint density at radius 1 is 0.875 bits per heavy atom. The van der Waals surface area contributed by atoms with Gasteiger partial charge in [-0.2, -0.15) is 0 Å². The number of rotatable bonds is 1. The molecule has 0 aromatic rings. The Labute approximate surface area is 99.2 Å². The zero-order valence-electron chi connectivity index (χ0n) is 10.3. The monoisotopic (exact) mass is 219 g/mol. The van der Waals surface area contributed by atoms with Crippen LogP contribution < -0.4 is 5.73 Å². The molecular weight excluding hydrogens is 194 g/mol. The summed E-state index contributed by atoms with van der Waals surface area (Å²) in [6.45, 7) is 0. The molecule has 4 rings (SSSR count). The lowest BCUT2D eigenvalue weighted by Gasteiger charge is -2.44. The Balaban J connectivity index is 1.62. The van der Waals surface area contributed by atoms with Crippen molar-refractivity contribution in [1.29, 1.82) is 0 Å². The van der Waals surface area contributed by atoms with Crippen LogP contribution in [0.15, 0.2) is 0 Å². The van der Waals surface area contributed by atoms with Crippen LogP contribution in [0.1, 0.15) is 57.8 Å². The predicted molar refractivity (Wildman–Crippen MR) is 65.9 cm³/mol. The molecule has 16 heavy (non-hydrogen) atoms. The molecule has 90 valence electrons. The molecule has 2 bridgehead atoms. The second-order valence-corrected chi connectivity index (χ2v) is 7.16. The van der Waals surface area contributed by atoms with Crippen molar-refractivity contribution >= 4 is 0 Å². The summed E-state index contributed by atoms with van der Waals surface area (Å²) in [6.07, 6.45) is 13.2. The second kappa shape index (κ2) is 3.25. The molecule has 4 aliphatic rings. The van der Waals surface area contributed by atoms with E-state index in [9.17, 15) is 0 Å². The average molecular weight is 219 g/mol. The minimum absolute atomic E-state index is 0.284. The van der Waals surface area contributed by atoms with Crippen LogP contribution in [-0.2, 0) is 0 Å². The zero-order chi connectivity index (χ0) is 10.8. The lowest BCUT2D eigenvalue weighted by atomic mass is 9.65. The maximum absolute atomic E-state index is 6.91. The van der Waals surface area contributed by atoms with Crippen LogP contribution in [0.4, 0.5) is 0 Å². The van der Waals surface area contributed by atoms with E-state index in [0.717, 1.165) is 29.6 Å². The summed E-state index contributed by atoms with van der Waals surface area (Å²) >= 11 is 0. The standard InChI is InChI=1S/C15H25N/c16-15(11-4-1-2-5-11)9-10-8-14(15)13-7-3-6-12(10)13/h10-14H,1-9,16H2. The van der Waals surface area contributed by atoms with Crippen molar-refractivity contribution < 1.29 is 0 Å². The third-order valence-electron chi connectivity index (χ3n) is 6.73. The first kappa shape index (κ1) is 9.94. The molecule has 0 radical (unpaired) electrons. The maximum Gasteiger partial charge on any atom is 0.0217 e. The lowest BCUT2D eigenvalue weighted by Crippen LogP contribution is -2.54. The van der Waals surface area contributed by atoms with Crippen molar-refractivity contribution in [2.75, 3.05) is 0 Å². The third kappa shape index (κ3) is 1.11. The van der Waals surface area contributed by atoms with Crippen molar-refractivity contribution in [2.24, 2.45) is 35.3 Å². The van der Waals surface area contributed by atoms with Crippen LogP contribution in [0, 0.1) is 29.6 Å². The summed E-state index contributed by atoms with van der Waals surface area (Å²) in [5.74, 6) is 4.99. The van der Waals surface area contributed by atoms with Gasteiger partial charge in [0.05, 0.1) is 0 Å². The van der Waals surface area contributed by atoms with Gasteiger partial charge in [-0.1, -0.05) is 19.3 Å². The van der Waals surface area contributed by atoms with Gasteiger partial charge in [0.25, 0.3) is 0 Å². The van der Waals surface area contributed by atoms with E-state index in [1.54, 1.807) is 0 Å². The molecule has 0 heterocycles.